The summed E-state index contributed by atoms with van der Waals surface area (Å²) in [5, 5.41) is 7.12. The smallest absolute Gasteiger partial charge is 0.475 e. The average Bonchev–Trinajstić information content (AvgIpc) is 3.16. The number of rotatable bonds is 5. The lowest BCUT2D eigenvalue weighted by Gasteiger charge is -2.20. The molecule has 3 atom stereocenters. The normalized spacial score (nSPS) is 24.6. The third-order valence-electron chi connectivity index (χ3n) is 5.35. The summed E-state index contributed by atoms with van der Waals surface area (Å²) in [4.78, 5) is 11.5. The Labute approximate surface area is 163 Å². The maximum absolute atomic E-state index is 10.6. The predicted octanol–water partition coefficient (Wildman–Crippen LogP) is 3.42. The number of nitrogens with zero attached hydrogens (tertiary/aromatic N) is 1. The molecule has 0 spiro atoms. The minimum atomic E-state index is -5.08. The number of carboxylic acid groups (broad SMARTS) is 1. The van der Waals surface area contributed by atoms with Crippen LogP contribution in [0, 0.1) is 25.7 Å². The third kappa shape index (κ3) is 6.18. The summed E-state index contributed by atoms with van der Waals surface area (Å²) >= 11 is 0. The molecular weight excluding hydrogens is 375 g/mol. The molecule has 1 N–H and O–H groups in total. The minimum absolute atomic E-state index is 0.442. The lowest BCUT2D eigenvalue weighted by atomic mass is 9.91. The van der Waals surface area contributed by atoms with Gasteiger partial charge in [-0.15, -0.1) is 0 Å². The summed E-state index contributed by atoms with van der Waals surface area (Å²) < 4.78 is 43.0. The highest BCUT2D eigenvalue weighted by Gasteiger charge is 2.43. The van der Waals surface area contributed by atoms with Crippen molar-refractivity contribution in [3.05, 3.63) is 34.9 Å². The van der Waals surface area contributed by atoms with Gasteiger partial charge in [0.15, 0.2) is 0 Å². The fourth-order valence-corrected chi connectivity index (χ4v) is 3.79. The van der Waals surface area contributed by atoms with Gasteiger partial charge in [0, 0.05) is 39.3 Å². The molecule has 0 bridgehead atoms. The standard InChI is InChI=1S/C18H27NO2.C2HF3O2/c1-13-4-5-14(2)16(8-13)9-19-10-17-15(6-7-20-3)12-21-18(17)11-19;3-2(4,5)1(6)7/h4-5,8,15,17-18H,6-7,9-12H2,1-3H3;(H,6,7)/t15-,17-,18-;/m0./s1. The zero-order valence-electron chi connectivity index (χ0n) is 16.5. The molecule has 8 heteroatoms. The van der Waals surface area contributed by atoms with E-state index in [2.05, 4.69) is 36.9 Å². The molecule has 1 aromatic rings. The third-order valence-corrected chi connectivity index (χ3v) is 5.35. The summed E-state index contributed by atoms with van der Waals surface area (Å²) in [5.74, 6) is -1.38. The van der Waals surface area contributed by atoms with Crippen molar-refractivity contribution in [1.82, 2.24) is 4.90 Å². The molecule has 1 aromatic carbocycles. The van der Waals surface area contributed by atoms with E-state index in [1.54, 1.807) is 7.11 Å². The maximum atomic E-state index is 10.6. The molecule has 0 amide bonds. The van der Waals surface area contributed by atoms with Crippen molar-refractivity contribution < 1.29 is 32.5 Å². The molecule has 2 fully saturated rings. The first-order chi connectivity index (χ1) is 13.1. The first-order valence-corrected chi connectivity index (χ1v) is 9.31. The van der Waals surface area contributed by atoms with Crippen LogP contribution >= 0.6 is 0 Å². The molecule has 3 rings (SSSR count). The molecule has 0 unspecified atom stereocenters. The van der Waals surface area contributed by atoms with Crippen molar-refractivity contribution in [3.63, 3.8) is 0 Å². The van der Waals surface area contributed by atoms with Gasteiger partial charge in [-0.25, -0.2) is 4.79 Å². The molecule has 2 saturated heterocycles. The van der Waals surface area contributed by atoms with E-state index in [9.17, 15) is 13.2 Å². The molecule has 28 heavy (non-hydrogen) atoms. The van der Waals surface area contributed by atoms with Gasteiger partial charge in [0.05, 0.1) is 12.7 Å². The highest BCUT2D eigenvalue weighted by molar-refractivity contribution is 5.73. The largest absolute Gasteiger partial charge is 0.490 e. The summed E-state index contributed by atoms with van der Waals surface area (Å²) in [7, 11) is 1.79. The molecule has 0 aromatic heterocycles. The van der Waals surface area contributed by atoms with E-state index in [4.69, 9.17) is 19.4 Å². The zero-order chi connectivity index (χ0) is 20.9. The van der Waals surface area contributed by atoms with Crippen molar-refractivity contribution in [3.8, 4) is 0 Å². The zero-order valence-corrected chi connectivity index (χ0v) is 16.5. The number of likely N-dealkylation sites (tertiary alicyclic amines) is 1. The van der Waals surface area contributed by atoms with Gasteiger partial charge in [0.25, 0.3) is 0 Å². The van der Waals surface area contributed by atoms with Gasteiger partial charge < -0.3 is 14.6 Å². The van der Waals surface area contributed by atoms with Crippen LogP contribution in [0.15, 0.2) is 18.2 Å². The number of fused-ring (bicyclic) bond motifs is 1. The Balaban J connectivity index is 0.000000345. The minimum Gasteiger partial charge on any atom is -0.475 e. The van der Waals surface area contributed by atoms with E-state index in [-0.39, 0.29) is 0 Å². The van der Waals surface area contributed by atoms with Crippen LogP contribution in [-0.2, 0) is 20.8 Å². The molecule has 0 aliphatic carbocycles. The van der Waals surface area contributed by atoms with Gasteiger partial charge in [-0.2, -0.15) is 13.2 Å². The Morgan fingerprint density at radius 3 is 2.61 bits per heavy atom. The summed E-state index contributed by atoms with van der Waals surface area (Å²) in [6.07, 6.45) is -3.51. The second kappa shape index (κ2) is 9.71. The average molecular weight is 403 g/mol. The topological polar surface area (TPSA) is 59.0 Å². The van der Waals surface area contributed by atoms with Crippen LogP contribution in [0.4, 0.5) is 13.2 Å². The van der Waals surface area contributed by atoms with E-state index >= 15 is 0 Å². The van der Waals surface area contributed by atoms with Crippen molar-refractivity contribution in [2.45, 2.75) is 39.1 Å². The number of aryl methyl sites for hydroxylation is 2. The second-order valence-electron chi connectivity index (χ2n) is 7.50. The van der Waals surface area contributed by atoms with Crippen molar-refractivity contribution in [2.24, 2.45) is 11.8 Å². The first-order valence-electron chi connectivity index (χ1n) is 9.31. The van der Waals surface area contributed by atoms with Crippen LogP contribution in [0.3, 0.4) is 0 Å². The van der Waals surface area contributed by atoms with E-state index in [1.807, 2.05) is 0 Å². The number of hydrogen-bond donors (Lipinski definition) is 1. The van der Waals surface area contributed by atoms with E-state index in [1.165, 1.54) is 23.2 Å². The molecule has 2 aliphatic heterocycles. The van der Waals surface area contributed by atoms with Gasteiger partial charge in [-0.1, -0.05) is 23.8 Å². The van der Waals surface area contributed by atoms with Crippen LogP contribution < -0.4 is 0 Å². The number of aliphatic carboxylic acids is 1. The predicted molar refractivity (Wildman–Crippen MR) is 98.1 cm³/mol. The maximum Gasteiger partial charge on any atom is 0.490 e. The fourth-order valence-electron chi connectivity index (χ4n) is 3.79. The Bertz CT molecular complexity index is 665. The number of carbonyl (C=O) groups is 1. The summed E-state index contributed by atoms with van der Waals surface area (Å²) in [6, 6.07) is 6.76. The van der Waals surface area contributed by atoms with Gasteiger partial charge in [-0.3, -0.25) is 4.90 Å². The quantitative estimate of drug-likeness (QED) is 0.817. The molecule has 2 heterocycles. The number of methoxy groups -OCH3 is 1. The second-order valence-corrected chi connectivity index (χ2v) is 7.50. The van der Waals surface area contributed by atoms with E-state index < -0.39 is 12.1 Å². The van der Waals surface area contributed by atoms with Crippen molar-refractivity contribution in [1.29, 1.82) is 0 Å². The SMILES string of the molecule is COCC[C@H]1CO[C@H]2CN(Cc3cc(C)ccc3C)C[C@@H]12.O=C(O)C(F)(F)F. The molecule has 158 valence electrons. The van der Waals surface area contributed by atoms with Crippen LogP contribution in [0.5, 0.6) is 0 Å². The Morgan fingerprint density at radius 1 is 1.32 bits per heavy atom. The Kier molecular flexibility index (Phi) is 7.86. The highest BCUT2D eigenvalue weighted by Crippen LogP contribution is 2.36. The van der Waals surface area contributed by atoms with Crippen molar-refractivity contribution >= 4 is 5.97 Å². The monoisotopic (exact) mass is 403 g/mol. The number of benzene rings is 1. The van der Waals surface area contributed by atoms with Gasteiger partial charge >= 0.3 is 12.1 Å². The van der Waals surface area contributed by atoms with Gasteiger partial charge in [0.1, 0.15) is 0 Å². The lowest BCUT2D eigenvalue weighted by Crippen LogP contribution is -2.24. The number of hydrogen-bond acceptors (Lipinski definition) is 4. The van der Waals surface area contributed by atoms with Crippen LogP contribution in [0.25, 0.3) is 0 Å². The lowest BCUT2D eigenvalue weighted by molar-refractivity contribution is -0.192. The number of ether oxygens (including phenoxy) is 2. The van der Waals surface area contributed by atoms with Crippen LogP contribution in [-0.4, -0.2) is 61.7 Å². The van der Waals surface area contributed by atoms with Crippen LogP contribution in [0.1, 0.15) is 23.1 Å². The van der Waals surface area contributed by atoms with E-state index in [0.29, 0.717) is 17.9 Å². The number of carboxylic acids is 1. The Hall–Kier alpha value is -1.64. The van der Waals surface area contributed by atoms with Gasteiger partial charge in [0.2, 0.25) is 0 Å². The summed E-state index contributed by atoms with van der Waals surface area (Å²) in [6.45, 7) is 9.48. The number of alkyl halides is 3. The Morgan fingerprint density at radius 2 is 2.00 bits per heavy atom. The van der Waals surface area contributed by atoms with Crippen molar-refractivity contribution in [2.75, 3.05) is 33.4 Å². The highest BCUT2D eigenvalue weighted by atomic mass is 19.4. The molecule has 2 aliphatic rings. The molecule has 0 saturated carbocycles. The molecule has 0 radical (unpaired) electrons. The van der Waals surface area contributed by atoms with Crippen LogP contribution in [0.2, 0.25) is 0 Å². The van der Waals surface area contributed by atoms with E-state index in [0.717, 1.165) is 32.7 Å². The molecular formula is C20H28F3NO4. The molecule has 5 nitrogen and oxygen atoms in total. The first kappa shape index (κ1) is 22.6. The number of halogens is 3. The fraction of sp³-hybridized carbons (Fsp3) is 0.650. The summed E-state index contributed by atoms with van der Waals surface area (Å²) in [5.41, 5.74) is 4.21. The van der Waals surface area contributed by atoms with Gasteiger partial charge in [-0.05, 0) is 37.3 Å².